The van der Waals surface area contributed by atoms with Crippen LogP contribution >= 0.6 is 23.5 Å². The standard InChI is InChI=1S/C27H23N5O3S2/c1-17-5-8-20(9-6-17)36-13-12-35-22-10-7-18(15-23(22)34-2)14-21-24(28)32-27(30-25(21)33)37-26(31-32)19-4-3-11-29-16-19/h3-11,14-16,28H,12-13H2,1-2H3/b21-14-,28-24?. The number of rotatable bonds is 8. The summed E-state index contributed by atoms with van der Waals surface area (Å²) in [6, 6.07) is 17.5. The molecule has 1 aromatic heterocycles. The van der Waals surface area contributed by atoms with Gasteiger partial charge >= 0.3 is 0 Å². The summed E-state index contributed by atoms with van der Waals surface area (Å²) in [6.45, 7) is 2.58. The van der Waals surface area contributed by atoms with Gasteiger partial charge in [-0.2, -0.15) is 15.1 Å². The molecule has 5 rings (SSSR count). The molecule has 8 nitrogen and oxygen atoms in total. The Bertz CT molecular complexity index is 1440. The van der Waals surface area contributed by atoms with E-state index in [0.29, 0.717) is 33.9 Å². The SMILES string of the molecule is COc1cc(/C=C2/C(=N)N3N=C(c4cccnc4)SC3=NC2=O)ccc1OCCSc1ccc(C)cc1. The molecule has 1 amide bonds. The molecule has 0 radical (unpaired) electrons. The Hall–Kier alpha value is -3.89. The van der Waals surface area contributed by atoms with E-state index in [1.54, 1.807) is 49.5 Å². The first kappa shape index (κ1) is 24.8. The average molecular weight is 530 g/mol. The van der Waals surface area contributed by atoms with Gasteiger partial charge in [-0.1, -0.05) is 23.8 Å². The smallest absolute Gasteiger partial charge is 0.283 e. The Morgan fingerprint density at radius 2 is 1.97 bits per heavy atom. The molecule has 0 saturated heterocycles. The second kappa shape index (κ2) is 11.0. The van der Waals surface area contributed by atoms with Gasteiger partial charge < -0.3 is 9.47 Å². The van der Waals surface area contributed by atoms with Crippen molar-refractivity contribution in [1.29, 1.82) is 5.41 Å². The molecule has 0 saturated carbocycles. The molecule has 2 aromatic carbocycles. The number of ether oxygens (including phenoxy) is 2. The highest BCUT2D eigenvalue weighted by Crippen LogP contribution is 2.33. The molecule has 3 aromatic rings. The van der Waals surface area contributed by atoms with Gasteiger partial charge in [0.2, 0.25) is 5.17 Å². The van der Waals surface area contributed by atoms with Crippen molar-refractivity contribution >= 4 is 51.6 Å². The summed E-state index contributed by atoms with van der Waals surface area (Å²) in [6.07, 6.45) is 4.98. The van der Waals surface area contributed by atoms with Gasteiger partial charge in [-0.25, -0.2) is 0 Å². The van der Waals surface area contributed by atoms with Crippen LogP contribution in [0.3, 0.4) is 0 Å². The van der Waals surface area contributed by atoms with Gasteiger partial charge in [0.25, 0.3) is 5.91 Å². The predicted octanol–water partition coefficient (Wildman–Crippen LogP) is 5.24. The van der Waals surface area contributed by atoms with Crippen molar-refractivity contribution in [1.82, 2.24) is 9.99 Å². The molecule has 2 aliphatic heterocycles. The number of nitrogens with zero attached hydrogens (tertiary/aromatic N) is 4. The van der Waals surface area contributed by atoms with E-state index in [0.717, 1.165) is 11.3 Å². The molecule has 37 heavy (non-hydrogen) atoms. The maximum Gasteiger partial charge on any atom is 0.283 e. The van der Waals surface area contributed by atoms with Crippen LogP contribution in [-0.2, 0) is 4.79 Å². The molecule has 186 valence electrons. The van der Waals surface area contributed by atoms with Gasteiger partial charge in [0.15, 0.2) is 17.3 Å². The third-order valence-electron chi connectivity index (χ3n) is 5.49. The van der Waals surface area contributed by atoms with Crippen LogP contribution in [0.5, 0.6) is 11.5 Å². The van der Waals surface area contributed by atoms with E-state index in [1.165, 1.54) is 27.2 Å². The fourth-order valence-corrected chi connectivity index (χ4v) is 5.22. The number of fused-ring (bicyclic) bond motifs is 1. The fraction of sp³-hybridized carbons (Fsp3) is 0.148. The molecule has 10 heteroatoms. The van der Waals surface area contributed by atoms with Crippen LogP contribution in [0, 0.1) is 12.3 Å². The van der Waals surface area contributed by atoms with Crippen molar-refractivity contribution in [3.63, 3.8) is 0 Å². The lowest BCUT2D eigenvalue weighted by Crippen LogP contribution is -2.35. The summed E-state index contributed by atoms with van der Waals surface area (Å²) in [4.78, 5) is 22.2. The highest BCUT2D eigenvalue weighted by molar-refractivity contribution is 8.27. The van der Waals surface area contributed by atoms with Gasteiger partial charge in [-0.05, 0) is 66.7 Å². The number of aromatic nitrogens is 1. The normalized spacial score (nSPS) is 15.9. The Kier molecular flexibility index (Phi) is 7.38. The zero-order valence-electron chi connectivity index (χ0n) is 20.2. The lowest BCUT2D eigenvalue weighted by atomic mass is 10.1. The Morgan fingerprint density at radius 1 is 1.14 bits per heavy atom. The van der Waals surface area contributed by atoms with E-state index < -0.39 is 5.91 Å². The summed E-state index contributed by atoms with van der Waals surface area (Å²) in [7, 11) is 1.57. The van der Waals surface area contributed by atoms with E-state index in [4.69, 9.17) is 14.9 Å². The monoisotopic (exact) mass is 529 g/mol. The number of pyridine rings is 1. The average Bonchev–Trinajstić information content (AvgIpc) is 3.35. The topological polar surface area (TPSA) is 100 Å². The van der Waals surface area contributed by atoms with Gasteiger partial charge in [-0.3, -0.25) is 15.2 Å². The minimum atomic E-state index is -0.487. The largest absolute Gasteiger partial charge is 0.493 e. The van der Waals surface area contributed by atoms with Crippen molar-refractivity contribution in [3.8, 4) is 11.5 Å². The second-order valence-electron chi connectivity index (χ2n) is 8.09. The number of hydrogen-bond acceptors (Lipinski definition) is 8. The first-order chi connectivity index (χ1) is 18.0. The number of benzene rings is 2. The van der Waals surface area contributed by atoms with Crippen molar-refractivity contribution in [3.05, 3.63) is 89.3 Å². The predicted molar refractivity (Wildman–Crippen MR) is 149 cm³/mol. The number of nitrogens with one attached hydrogen (secondary N) is 1. The van der Waals surface area contributed by atoms with Gasteiger partial charge in [0.1, 0.15) is 5.04 Å². The number of methoxy groups -OCH3 is 1. The fourth-order valence-electron chi connectivity index (χ4n) is 3.60. The van der Waals surface area contributed by atoms with Crippen molar-refractivity contribution in [2.24, 2.45) is 10.1 Å². The number of aliphatic imine (C=N–C) groups is 1. The van der Waals surface area contributed by atoms with Crippen LogP contribution in [0.15, 0.2) is 87.6 Å². The van der Waals surface area contributed by atoms with Crippen LogP contribution in [0.25, 0.3) is 6.08 Å². The van der Waals surface area contributed by atoms with Crippen LogP contribution < -0.4 is 9.47 Å². The quantitative estimate of drug-likeness (QED) is 0.242. The molecule has 2 aliphatic rings. The number of amidine groups is 2. The minimum absolute atomic E-state index is 0.0335. The second-order valence-corrected chi connectivity index (χ2v) is 10.2. The number of carbonyl (C=O) groups excluding carboxylic acids is 1. The Labute approximate surface area is 223 Å². The molecule has 0 fully saturated rings. The zero-order chi connectivity index (χ0) is 25.8. The number of hydrazone groups is 1. The first-order valence-corrected chi connectivity index (χ1v) is 13.2. The molecule has 0 bridgehead atoms. The summed E-state index contributed by atoms with van der Waals surface area (Å²) in [5.74, 6) is 1.43. The molecule has 1 N–H and O–H groups in total. The Morgan fingerprint density at radius 3 is 2.73 bits per heavy atom. The summed E-state index contributed by atoms with van der Waals surface area (Å²) in [5, 5.41) is 15.5. The van der Waals surface area contributed by atoms with Crippen molar-refractivity contribution < 1.29 is 14.3 Å². The lowest BCUT2D eigenvalue weighted by molar-refractivity contribution is -0.114. The summed E-state index contributed by atoms with van der Waals surface area (Å²) < 4.78 is 11.5. The maximum atomic E-state index is 12.8. The highest BCUT2D eigenvalue weighted by atomic mass is 32.2. The lowest BCUT2D eigenvalue weighted by Gasteiger charge is -2.20. The van der Waals surface area contributed by atoms with E-state index in [2.05, 4.69) is 46.3 Å². The molecular formula is C27H23N5O3S2. The third-order valence-corrected chi connectivity index (χ3v) is 7.43. The molecular weight excluding hydrogens is 506 g/mol. The molecule has 0 spiro atoms. The summed E-state index contributed by atoms with van der Waals surface area (Å²) >= 11 is 2.96. The summed E-state index contributed by atoms with van der Waals surface area (Å²) in [5.41, 5.74) is 2.87. The van der Waals surface area contributed by atoms with E-state index in [9.17, 15) is 4.79 Å². The van der Waals surface area contributed by atoms with Crippen LogP contribution in [0.1, 0.15) is 16.7 Å². The van der Waals surface area contributed by atoms with Crippen LogP contribution in [0.4, 0.5) is 0 Å². The minimum Gasteiger partial charge on any atom is -0.493 e. The number of amides is 1. The molecule has 0 atom stereocenters. The zero-order valence-corrected chi connectivity index (χ0v) is 21.8. The van der Waals surface area contributed by atoms with Gasteiger partial charge in [0, 0.05) is 28.6 Å². The number of thioether (sulfide) groups is 2. The van der Waals surface area contributed by atoms with Crippen molar-refractivity contribution in [2.75, 3.05) is 19.5 Å². The number of carbonyl (C=O) groups is 1. The third kappa shape index (κ3) is 5.60. The molecule has 0 unspecified atom stereocenters. The molecule has 0 aliphatic carbocycles. The van der Waals surface area contributed by atoms with Crippen molar-refractivity contribution in [2.45, 2.75) is 11.8 Å². The van der Waals surface area contributed by atoms with Crippen LogP contribution in [-0.4, -0.2) is 51.4 Å². The highest BCUT2D eigenvalue weighted by Gasteiger charge is 2.36. The number of hydrogen-bond donors (Lipinski definition) is 1. The van der Waals surface area contributed by atoms with Gasteiger partial charge in [0.05, 0.1) is 19.3 Å². The Balaban J connectivity index is 1.28. The van der Waals surface area contributed by atoms with Gasteiger partial charge in [-0.15, -0.1) is 11.8 Å². The van der Waals surface area contributed by atoms with Crippen LogP contribution in [0.2, 0.25) is 0 Å². The van der Waals surface area contributed by atoms with E-state index in [1.807, 2.05) is 18.2 Å². The maximum absolute atomic E-state index is 12.8. The molecule has 3 heterocycles. The first-order valence-electron chi connectivity index (χ1n) is 11.4. The van der Waals surface area contributed by atoms with E-state index in [-0.39, 0.29) is 11.4 Å². The number of aryl methyl sites for hydroxylation is 1. The van der Waals surface area contributed by atoms with E-state index >= 15 is 0 Å².